The monoisotopic (exact) mass is 127 g/mol. The molecule has 1 aliphatic heterocycles. The van der Waals surface area contributed by atoms with Crippen LogP contribution < -0.4 is 5.23 Å². The van der Waals surface area contributed by atoms with Crippen LogP contribution in [0.15, 0.2) is 0 Å². The van der Waals surface area contributed by atoms with Crippen molar-refractivity contribution in [3.63, 3.8) is 0 Å². The molecule has 0 radical (unpaired) electrons. The molecule has 52 valence electrons. The molecule has 1 heterocycles. The Labute approximate surface area is 57.1 Å². The highest BCUT2D eigenvalue weighted by atomic mass is 16.5. The first kappa shape index (κ1) is 7.10. The van der Waals surface area contributed by atoms with Crippen LogP contribution in [0.2, 0.25) is 6.32 Å². The largest absolute Gasteiger partial charge is 0.420 e. The molecule has 0 amide bonds. The summed E-state index contributed by atoms with van der Waals surface area (Å²) in [5.41, 5.74) is 0. The van der Waals surface area contributed by atoms with Crippen molar-refractivity contribution in [3.05, 3.63) is 0 Å². The average molecular weight is 127 g/mol. The molecule has 0 saturated carbocycles. The first-order valence-electron chi connectivity index (χ1n) is 3.78. The third kappa shape index (κ3) is 2.37. The molecular weight excluding hydrogens is 113 g/mol. The summed E-state index contributed by atoms with van der Waals surface area (Å²) in [5.74, 6) is 0. The summed E-state index contributed by atoms with van der Waals surface area (Å²) in [5, 5.41) is 3.27. The lowest BCUT2D eigenvalue weighted by Crippen LogP contribution is -2.27. The lowest BCUT2D eigenvalue weighted by Gasteiger charge is -2.01. The fraction of sp³-hybridized carbons (Fsp3) is 1.00. The van der Waals surface area contributed by atoms with Gasteiger partial charge in [0.25, 0.3) is 0 Å². The second-order valence-corrected chi connectivity index (χ2v) is 2.46. The van der Waals surface area contributed by atoms with E-state index in [-0.39, 0.29) is 0 Å². The number of hydrogen-bond acceptors (Lipinski definition) is 2. The standard InChI is InChI=1S/C6H14BNO/c1-2-3-4-7-8-5-6-9-7/h8H,2-6H2,1H3. The van der Waals surface area contributed by atoms with E-state index in [9.17, 15) is 0 Å². The first-order valence-corrected chi connectivity index (χ1v) is 3.78. The zero-order valence-electron chi connectivity index (χ0n) is 6.02. The van der Waals surface area contributed by atoms with Crippen LogP contribution in [0.5, 0.6) is 0 Å². The molecule has 0 aliphatic carbocycles. The Morgan fingerprint density at radius 2 is 2.56 bits per heavy atom. The fourth-order valence-electron chi connectivity index (χ4n) is 1.05. The van der Waals surface area contributed by atoms with E-state index in [4.69, 9.17) is 4.65 Å². The van der Waals surface area contributed by atoms with Crippen LogP contribution in [-0.2, 0) is 4.65 Å². The van der Waals surface area contributed by atoms with Gasteiger partial charge in [-0.3, -0.25) is 0 Å². The highest BCUT2D eigenvalue weighted by Crippen LogP contribution is 2.02. The highest BCUT2D eigenvalue weighted by molar-refractivity contribution is 6.49. The minimum atomic E-state index is 0.366. The van der Waals surface area contributed by atoms with E-state index < -0.39 is 0 Å². The van der Waals surface area contributed by atoms with Crippen molar-refractivity contribution in [2.75, 3.05) is 13.2 Å². The van der Waals surface area contributed by atoms with Crippen molar-refractivity contribution in [1.82, 2.24) is 5.23 Å². The predicted octanol–water partition coefficient (Wildman–Crippen LogP) is 0.894. The summed E-state index contributed by atoms with van der Waals surface area (Å²) in [7, 11) is 0.366. The van der Waals surface area contributed by atoms with E-state index in [1.165, 1.54) is 19.2 Å². The smallest absolute Gasteiger partial charge is 0.379 e. The summed E-state index contributed by atoms with van der Waals surface area (Å²) in [6, 6.07) is 0. The van der Waals surface area contributed by atoms with E-state index in [1.54, 1.807) is 0 Å². The van der Waals surface area contributed by atoms with Gasteiger partial charge in [-0.1, -0.05) is 19.8 Å². The number of nitrogens with one attached hydrogen (secondary N) is 1. The molecule has 3 heteroatoms. The highest BCUT2D eigenvalue weighted by Gasteiger charge is 2.19. The molecule has 0 spiro atoms. The Hall–Kier alpha value is -0.0151. The Kier molecular flexibility index (Phi) is 3.08. The average Bonchev–Trinajstić information content (AvgIpc) is 2.34. The Morgan fingerprint density at radius 1 is 1.67 bits per heavy atom. The maximum absolute atomic E-state index is 5.34. The summed E-state index contributed by atoms with van der Waals surface area (Å²) >= 11 is 0. The SMILES string of the molecule is CCCCB1NCCO1. The maximum atomic E-state index is 5.34. The molecule has 0 aromatic heterocycles. The first-order chi connectivity index (χ1) is 4.43. The van der Waals surface area contributed by atoms with E-state index in [1.807, 2.05) is 0 Å². The normalized spacial score (nSPS) is 19.0. The third-order valence-electron chi connectivity index (χ3n) is 1.61. The summed E-state index contributed by atoms with van der Waals surface area (Å²) in [6.07, 6.45) is 3.72. The van der Waals surface area contributed by atoms with Crippen LogP contribution in [0, 0.1) is 0 Å². The lowest BCUT2D eigenvalue weighted by atomic mass is 9.78. The van der Waals surface area contributed by atoms with Gasteiger partial charge in [0.15, 0.2) is 0 Å². The molecule has 1 fully saturated rings. The number of hydrogen-bond donors (Lipinski definition) is 1. The molecule has 1 saturated heterocycles. The van der Waals surface area contributed by atoms with Gasteiger partial charge in [0.2, 0.25) is 0 Å². The van der Waals surface area contributed by atoms with E-state index in [0.29, 0.717) is 7.05 Å². The van der Waals surface area contributed by atoms with E-state index >= 15 is 0 Å². The van der Waals surface area contributed by atoms with Gasteiger partial charge in [0.1, 0.15) is 0 Å². The molecule has 0 aromatic carbocycles. The molecule has 0 unspecified atom stereocenters. The van der Waals surface area contributed by atoms with Crippen LogP contribution >= 0.6 is 0 Å². The van der Waals surface area contributed by atoms with Crippen LogP contribution in [0.4, 0.5) is 0 Å². The Morgan fingerprint density at radius 3 is 3.11 bits per heavy atom. The quantitative estimate of drug-likeness (QED) is 0.568. The van der Waals surface area contributed by atoms with Gasteiger partial charge in [-0.25, -0.2) is 0 Å². The van der Waals surface area contributed by atoms with Gasteiger partial charge in [-0.05, 0) is 6.32 Å². The minimum absolute atomic E-state index is 0.366. The lowest BCUT2D eigenvalue weighted by molar-refractivity contribution is 0.368. The summed E-state index contributed by atoms with van der Waals surface area (Å²) in [6.45, 7) is 4.14. The van der Waals surface area contributed by atoms with Crippen molar-refractivity contribution in [1.29, 1.82) is 0 Å². The van der Waals surface area contributed by atoms with Crippen molar-refractivity contribution >= 4 is 7.05 Å². The van der Waals surface area contributed by atoms with Gasteiger partial charge in [-0.2, -0.15) is 0 Å². The minimum Gasteiger partial charge on any atom is -0.420 e. The Bertz CT molecular complexity index is 73.5. The van der Waals surface area contributed by atoms with Crippen LogP contribution in [0.1, 0.15) is 19.8 Å². The van der Waals surface area contributed by atoms with E-state index in [0.717, 1.165) is 13.2 Å². The third-order valence-corrected chi connectivity index (χ3v) is 1.61. The molecule has 9 heavy (non-hydrogen) atoms. The van der Waals surface area contributed by atoms with Gasteiger partial charge in [0, 0.05) is 13.2 Å². The molecule has 2 nitrogen and oxygen atoms in total. The topological polar surface area (TPSA) is 21.3 Å². The van der Waals surface area contributed by atoms with Crippen molar-refractivity contribution < 1.29 is 4.65 Å². The van der Waals surface area contributed by atoms with Crippen molar-refractivity contribution in [2.45, 2.75) is 26.1 Å². The molecule has 0 bridgehead atoms. The van der Waals surface area contributed by atoms with Crippen LogP contribution in [-0.4, -0.2) is 20.2 Å². The number of rotatable bonds is 3. The second-order valence-electron chi connectivity index (χ2n) is 2.46. The zero-order valence-corrected chi connectivity index (χ0v) is 6.02. The van der Waals surface area contributed by atoms with Gasteiger partial charge in [0.05, 0.1) is 0 Å². The molecule has 0 atom stereocenters. The number of unbranched alkanes of at least 4 members (excludes halogenated alkanes) is 1. The van der Waals surface area contributed by atoms with Gasteiger partial charge >= 0.3 is 7.05 Å². The van der Waals surface area contributed by atoms with Crippen LogP contribution in [0.25, 0.3) is 0 Å². The molecule has 1 rings (SSSR count). The van der Waals surface area contributed by atoms with Gasteiger partial charge in [-0.15, -0.1) is 0 Å². The van der Waals surface area contributed by atoms with Crippen molar-refractivity contribution in [3.8, 4) is 0 Å². The Balaban J connectivity index is 1.98. The zero-order chi connectivity index (χ0) is 6.53. The van der Waals surface area contributed by atoms with Gasteiger partial charge < -0.3 is 9.88 Å². The van der Waals surface area contributed by atoms with E-state index in [2.05, 4.69) is 12.2 Å². The molecule has 1 aliphatic rings. The molecule has 0 aromatic rings. The summed E-state index contributed by atoms with van der Waals surface area (Å²) in [4.78, 5) is 0. The fourth-order valence-corrected chi connectivity index (χ4v) is 1.05. The predicted molar refractivity (Wildman–Crippen MR) is 39.4 cm³/mol. The maximum Gasteiger partial charge on any atom is 0.379 e. The van der Waals surface area contributed by atoms with Crippen molar-refractivity contribution in [2.24, 2.45) is 0 Å². The van der Waals surface area contributed by atoms with Crippen LogP contribution in [0.3, 0.4) is 0 Å². The molecule has 1 N–H and O–H groups in total. The molecular formula is C6H14BNO. The second kappa shape index (κ2) is 3.91. The summed E-state index contributed by atoms with van der Waals surface area (Å²) < 4.78 is 5.34.